The molecule has 1 saturated heterocycles. The fraction of sp³-hybridized carbons (Fsp3) is 0.529. The number of benzene rings is 1. The number of carbonyl (C=O) groups is 2. The van der Waals surface area contributed by atoms with Gasteiger partial charge in [-0.15, -0.1) is 0 Å². The molecule has 1 unspecified atom stereocenters. The van der Waals surface area contributed by atoms with Crippen LogP contribution < -0.4 is 4.90 Å². The summed E-state index contributed by atoms with van der Waals surface area (Å²) in [5.74, 6) is 0.151. The third kappa shape index (κ3) is 2.67. The highest BCUT2D eigenvalue weighted by molar-refractivity contribution is 6.01. The Balaban J connectivity index is 1.91. The van der Waals surface area contributed by atoms with Gasteiger partial charge in [-0.05, 0) is 44.2 Å². The van der Waals surface area contributed by atoms with Crippen molar-refractivity contribution in [2.24, 2.45) is 0 Å². The van der Waals surface area contributed by atoms with Gasteiger partial charge in [0, 0.05) is 25.2 Å². The molecule has 4 nitrogen and oxygen atoms in total. The lowest BCUT2D eigenvalue weighted by Crippen LogP contribution is -2.49. The number of nitrogens with zero attached hydrogens (tertiary/aromatic N) is 2. The minimum Gasteiger partial charge on any atom is -0.341 e. The van der Waals surface area contributed by atoms with Crippen molar-refractivity contribution in [2.75, 3.05) is 18.0 Å². The lowest BCUT2D eigenvalue weighted by atomic mass is 10.1. The summed E-state index contributed by atoms with van der Waals surface area (Å²) in [5.41, 5.74) is 2.09. The molecule has 1 aromatic carbocycles. The number of amides is 2. The van der Waals surface area contributed by atoms with Crippen molar-refractivity contribution in [3.63, 3.8) is 0 Å². The van der Waals surface area contributed by atoms with Crippen molar-refractivity contribution in [3.05, 3.63) is 29.8 Å². The number of rotatable bonds is 2. The van der Waals surface area contributed by atoms with E-state index < -0.39 is 6.04 Å². The number of likely N-dealkylation sites (tertiary alicyclic amines) is 1. The Hall–Kier alpha value is -1.84. The Morgan fingerprint density at radius 2 is 1.81 bits per heavy atom. The van der Waals surface area contributed by atoms with Crippen LogP contribution in [0.3, 0.4) is 0 Å². The molecule has 0 bridgehead atoms. The van der Waals surface area contributed by atoms with Crippen LogP contribution in [-0.2, 0) is 16.0 Å². The second-order valence-electron chi connectivity index (χ2n) is 5.95. The quantitative estimate of drug-likeness (QED) is 0.837. The first-order valence-corrected chi connectivity index (χ1v) is 7.87. The van der Waals surface area contributed by atoms with Gasteiger partial charge in [0.25, 0.3) is 0 Å². The second kappa shape index (κ2) is 5.88. The van der Waals surface area contributed by atoms with E-state index in [2.05, 4.69) is 6.07 Å². The largest absolute Gasteiger partial charge is 0.341 e. The molecule has 3 rings (SSSR count). The summed E-state index contributed by atoms with van der Waals surface area (Å²) in [5, 5.41) is 0. The van der Waals surface area contributed by atoms with E-state index >= 15 is 0 Å². The molecular weight excluding hydrogens is 264 g/mol. The van der Waals surface area contributed by atoms with Gasteiger partial charge < -0.3 is 4.90 Å². The average Bonchev–Trinajstić information content (AvgIpc) is 2.97. The Morgan fingerprint density at radius 3 is 2.57 bits per heavy atom. The highest BCUT2D eigenvalue weighted by Crippen LogP contribution is 2.29. The van der Waals surface area contributed by atoms with Gasteiger partial charge in [0.05, 0.1) is 0 Å². The third-order valence-corrected chi connectivity index (χ3v) is 4.52. The van der Waals surface area contributed by atoms with E-state index in [0.29, 0.717) is 6.42 Å². The van der Waals surface area contributed by atoms with Crippen LogP contribution >= 0.6 is 0 Å². The van der Waals surface area contributed by atoms with E-state index in [0.717, 1.165) is 44.5 Å². The van der Waals surface area contributed by atoms with Crippen molar-refractivity contribution in [1.29, 1.82) is 0 Å². The zero-order valence-electron chi connectivity index (χ0n) is 12.5. The van der Waals surface area contributed by atoms with Crippen molar-refractivity contribution in [3.8, 4) is 0 Å². The summed E-state index contributed by atoms with van der Waals surface area (Å²) in [4.78, 5) is 28.8. The van der Waals surface area contributed by atoms with Crippen LogP contribution in [0.25, 0.3) is 0 Å². The van der Waals surface area contributed by atoms with Gasteiger partial charge in [0.2, 0.25) is 11.8 Å². The predicted octanol–water partition coefficient (Wildman–Crippen LogP) is 2.37. The molecule has 0 spiro atoms. The van der Waals surface area contributed by atoms with Crippen LogP contribution in [-0.4, -0.2) is 35.8 Å². The molecular formula is C17H22N2O2. The lowest BCUT2D eigenvalue weighted by Gasteiger charge is -2.31. The molecule has 2 amide bonds. The number of para-hydroxylation sites is 1. The first-order valence-electron chi connectivity index (χ1n) is 7.87. The van der Waals surface area contributed by atoms with Gasteiger partial charge >= 0.3 is 0 Å². The topological polar surface area (TPSA) is 40.6 Å². The minimum atomic E-state index is -0.408. The molecule has 2 aliphatic heterocycles. The number of hydrogen-bond donors (Lipinski definition) is 0. The average molecular weight is 286 g/mol. The molecule has 2 aliphatic rings. The summed E-state index contributed by atoms with van der Waals surface area (Å²) in [7, 11) is 0. The Labute approximate surface area is 125 Å². The van der Waals surface area contributed by atoms with Gasteiger partial charge in [-0.2, -0.15) is 0 Å². The summed E-state index contributed by atoms with van der Waals surface area (Å²) in [6, 6.07) is 7.56. The van der Waals surface area contributed by atoms with Crippen LogP contribution in [0.1, 0.15) is 38.2 Å². The van der Waals surface area contributed by atoms with Crippen molar-refractivity contribution < 1.29 is 9.59 Å². The predicted molar refractivity (Wildman–Crippen MR) is 82.1 cm³/mol. The zero-order chi connectivity index (χ0) is 14.8. The van der Waals surface area contributed by atoms with E-state index in [9.17, 15) is 9.59 Å². The van der Waals surface area contributed by atoms with Gasteiger partial charge in [-0.25, -0.2) is 0 Å². The van der Waals surface area contributed by atoms with E-state index in [1.807, 2.05) is 30.0 Å². The van der Waals surface area contributed by atoms with Crippen LogP contribution in [0.4, 0.5) is 5.69 Å². The summed E-state index contributed by atoms with van der Waals surface area (Å²) in [6.45, 7) is 3.51. The Morgan fingerprint density at radius 1 is 1.10 bits per heavy atom. The van der Waals surface area contributed by atoms with E-state index in [1.165, 1.54) is 5.56 Å². The van der Waals surface area contributed by atoms with E-state index in [-0.39, 0.29) is 11.8 Å². The SMILES string of the molecule is CC(C(=O)N1CCCC1)N1C(=O)CCCc2ccccc21. The fourth-order valence-corrected chi connectivity index (χ4v) is 3.38. The third-order valence-electron chi connectivity index (χ3n) is 4.52. The maximum absolute atomic E-state index is 12.6. The molecule has 1 atom stereocenters. The van der Waals surface area contributed by atoms with Crippen LogP contribution in [0.2, 0.25) is 0 Å². The van der Waals surface area contributed by atoms with E-state index in [4.69, 9.17) is 0 Å². The van der Waals surface area contributed by atoms with Crippen molar-refractivity contribution in [1.82, 2.24) is 4.90 Å². The molecule has 0 saturated carbocycles. The van der Waals surface area contributed by atoms with Crippen LogP contribution in [0.5, 0.6) is 0 Å². The fourth-order valence-electron chi connectivity index (χ4n) is 3.38. The van der Waals surface area contributed by atoms with Crippen molar-refractivity contribution >= 4 is 17.5 Å². The summed E-state index contributed by atoms with van der Waals surface area (Å²) in [6.07, 6.45) is 4.43. The lowest BCUT2D eigenvalue weighted by molar-refractivity contribution is -0.133. The maximum atomic E-state index is 12.6. The normalized spacial score (nSPS) is 20.1. The summed E-state index contributed by atoms with van der Waals surface area (Å²) >= 11 is 0. The molecule has 0 aromatic heterocycles. The molecule has 1 aromatic rings. The highest BCUT2D eigenvalue weighted by atomic mass is 16.2. The molecule has 21 heavy (non-hydrogen) atoms. The zero-order valence-corrected chi connectivity index (χ0v) is 12.5. The Bertz CT molecular complexity index is 549. The molecule has 1 fully saturated rings. The van der Waals surface area contributed by atoms with Crippen LogP contribution in [0, 0.1) is 0 Å². The number of anilines is 1. The van der Waals surface area contributed by atoms with Crippen LogP contribution in [0.15, 0.2) is 24.3 Å². The first kappa shape index (κ1) is 14.1. The number of hydrogen-bond acceptors (Lipinski definition) is 2. The second-order valence-corrected chi connectivity index (χ2v) is 5.95. The maximum Gasteiger partial charge on any atom is 0.245 e. The monoisotopic (exact) mass is 286 g/mol. The molecule has 0 radical (unpaired) electrons. The number of aryl methyl sites for hydroxylation is 1. The Kier molecular flexibility index (Phi) is 3.95. The molecule has 0 aliphatic carbocycles. The van der Waals surface area contributed by atoms with Gasteiger partial charge in [0.1, 0.15) is 6.04 Å². The summed E-state index contributed by atoms with van der Waals surface area (Å²) < 4.78 is 0. The molecule has 2 heterocycles. The first-order chi connectivity index (χ1) is 10.2. The smallest absolute Gasteiger partial charge is 0.245 e. The van der Waals surface area contributed by atoms with E-state index in [1.54, 1.807) is 4.90 Å². The standard InChI is InChI=1S/C17H22N2O2/c1-13(17(21)18-11-4-5-12-18)19-15-9-3-2-7-14(15)8-6-10-16(19)20/h2-3,7,9,13H,4-6,8,10-12H2,1H3. The highest BCUT2D eigenvalue weighted by Gasteiger charge is 2.33. The van der Waals surface area contributed by atoms with Crippen molar-refractivity contribution in [2.45, 2.75) is 45.1 Å². The minimum absolute atomic E-state index is 0.0694. The molecule has 112 valence electrons. The van der Waals surface area contributed by atoms with Gasteiger partial charge in [0.15, 0.2) is 0 Å². The molecule has 4 heteroatoms. The van der Waals surface area contributed by atoms with Gasteiger partial charge in [-0.1, -0.05) is 18.2 Å². The number of fused-ring (bicyclic) bond motifs is 1. The van der Waals surface area contributed by atoms with Gasteiger partial charge in [-0.3, -0.25) is 14.5 Å². The number of carbonyl (C=O) groups excluding carboxylic acids is 2. The molecule has 0 N–H and O–H groups in total.